The molecule has 2 atom stereocenters. The van der Waals surface area contributed by atoms with E-state index < -0.39 is 0 Å². The van der Waals surface area contributed by atoms with Crippen molar-refractivity contribution in [2.45, 2.75) is 13.4 Å². The Bertz CT molecular complexity index is 325. The van der Waals surface area contributed by atoms with Gasteiger partial charge in [0.25, 0.3) is 0 Å². The van der Waals surface area contributed by atoms with E-state index in [1.807, 2.05) is 30.3 Å². The van der Waals surface area contributed by atoms with Crippen LogP contribution >= 0.6 is 63.7 Å². The van der Waals surface area contributed by atoms with E-state index in [-0.39, 0.29) is 19.2 Å². The van der Waals surface area contributed by atoms with E-state index in [0.717, 1.165) is 5.56 Å². The number of carbonyl (C=O) groups is 1. The summed E-state index contributed by atoms with van der Waals surface area (Å²) in [6, 6.07) is 9.82. The van der Waals surface area contributed by atoms with Gasteiger partial charge < -0.3 is 0 Å². The molecule has 0 aliphatic rings. The number of alkyl halides is 4. The molecule has 0 amide bonds. The van der Waals surface area contributed by atoms with Crippen LogP contribution in [0, 0.1) is 0 Å². The average molecular weight is 464 g/mol. The van der Waals surface area contributed by atoms with Crippen molar-refractivity contribution >= 4 is 69.5 Å². The van der Waals surface area contributed by atoms with Crippen molar-refractivity contribution in [1.29, 1.82) is 0 Å². The average Bonchev–Trinajstić information content (AvgIpc) is 2.27. The first-order chi connectivity index (χ1) is 7.04. The molecule has 82 valence electrons. The molecule has 0 heterocycles. The Hall–Kier alpha value is 0.810. The fourth-order valence-electron chi connectivity index (χ4n) is 1.07. The molecule has 0 N–H and O–H groups in total. The quantitative estimate of drug-likeness (QED) is 0.598. The monoisotopic (exact) mass is 460 g/mol. The molecule has 1 aromatic carbocycles. The molecule has 0 unspecified atom stereocenters. The summed E-state index contributed by atoms with van der Waals surface area (Å²) in [6.07, 6.45) is 0. The number of Topliss-reactive ketones (excluding diaryl/α,β-unsaturated/α-hetero) is 1. The molecule has 0 radical (unpaired) electrons. The second-order valence-electron chi connectivity index (χ2n) is 2.92. The molecule has 0 fully saturated rings. The predicted molar refractivity (Wildman–Crippen MR) is 77.5 cm³/mol. The summed E-state index contributed by atoms with van der Waals surface area (Å²) in [7, 11) is 0. The van der Waals surface area contributed by atoms with Gasteiger partial charge in [0.1, 0.15) is 3.74 Å². The summed E-state index contributed by atoms with van der Waals surface area (Å²) in [6.45, 7) is 0. The minimum absolute atomic E-state index is 0.0243. The van der Waals surface area contributed by atoms with Gasteiger partial charge in [-0.3, -0.25) is 4.79 Å². The van der Waals surface area contributed by atoms with E-state index in [1.54, 1.807) is 0 Å². The molecule has 0 spiro atoms. The van der Waals surface area contributed by atoms with Crippen LogP contribution in [0.2, 0.25) is 0 Å². The molecule has 5 heteroatoms. The smallest absolute Gasteiger partial charge is 0.172 e. The molecular formula is C10H8Br4O. The molecule has 15 heavy (non-hydrogen) atoms. The highest BCUT2D eigenvalue weighted by Gasteiger charge is 2.27. The lowest BCUT2D eigenvalue weighted by atomic mass is 10.1. The van der Waals surface area contributed by atoms with Gasteiger partial charge in [-0.05, 0) is 5.56 Å². The van der Waals surface area contributed by atoms with Crippen LogP contribution in [0.5, 0.6) is 0 Å². The highest BCUT2D eigenvalue weighted by atomic mass is 79.9. The van der Waals surface area contributed by atoms with E-state index in [0.29, 0.717) is 0 Å². The standard InChI is InChI=1S/C10H8Br4O/c11-7(6-4-2-1-3-5-6)8(12)9(15)10(13)14/h1-5,7-8,10H/t7-,8+/m1/s1. The zero-order valence-corrected chi connectivity index (χ0v) is 13.9. The van der Waals surface area contributed by atoms with E-state index >= 15 is 0 Å². The molecule has 0 aromatic heterocycles. The lowest BCUT2D eigenvalue weighted by Crippen LogP contribution is -2.23. The lowest BCUT2D eigenvalue weighted by molar-refractivity contribution is -0.116. The third-order valence-corrected chi connectivity index (χ3v) is 5.51. The lowest BCUT2D eigenvalue weighted by Gasteiger charge is -2.16. The number of benzene rings is 1. The van der Waals surface area contributed by atoms with Crippen LogP contribution in [-0.2, 0) is 4.79 Å². The zero-order chi connectivity index (χ0) is 11.4. The zero-order valence-electron chi connectivity index (χ0n) is 7.54. The van der Waals surface area contributed by atoms with Crippen LogP contribution < -0.4 is 0 Å². The first-order valence-corrected chi connectivity index (χ1v) is 7.85. The maximum absolute atomic E-state index is 11.7. The minimum atomic E-state index is -0.321. The van der Waals surface area contributed by atoms with Gasteiger partial charge in [0, 0.05) is 0 Å². The largest absolute Gasteiger partial charge is 0.296 e. The van der Waals surface area contributed by atoms with E-state index in [2.05, 4.69) is 63.7 Å². The second-order valence-corrected chi connectivity index (χ2v) is 7.95. The van der Waals surface area contributed by atoms with Gasteiger partial charge in [-0.25, -0.2) is 0 Å². The summed E-state index contributed by atoms with van der Waals surface area (Å²) < 4.78 is -0.321. The van der Waals surface area contributed by atoms with Gasteiger partial charge in [-0.1, -0.05) is 94.1 Å². The van der Waals surface area contributed by atoms with E-state index in [4.69, 9.17) is 0 Å². The van der Waals surface area contributed by atoms with Gasteiger partial charge in [0.15, 0.2) is 5.78 Å². The molecule has 0 bridgehead atoms. The Labute approximate surface area is 123 Å². The Balaban J connectivity index is 2.77. The number of ketones is 1. The van der Waals surface area contributed by atoms with Crippen molar-refractivity contribution in [3.63, 3.8) is 0 Å². The summed E-state index contributed by atoms with van der Waals surface area (Å²) in [4.78, 5) is 11.4. The Kier molecular flexibility index (Phi) is 6.03. The maximum atomic E-state index is 11.7. The predicted octanol–water partition coefficient (Wildman–Crippen LogP) is 4.57. The SMILES string of the molecule is O=C(C(Br)Br)[C@@H](Br)[C@H](Br)c1ccccc1. The number of halogens is 4. The first kappa shape index (κ1) is 13.9. The van der Waals surface area contributed by atoms with Crippen LogP contribution in [0.15, 0.2) is 30.3 Å². The fraction of sp³-hybridized carbons (Fsp3) is 0.300. The van der Waals surface area contributed by atoms with Gasteiger partial charge in [0.2, 0.25) is 0 Å². The Morgan fingerprint density at radius 1 is 1.00 bits per heavy atom. The van der Waals surface area contributed by atoms with E-state index in [1.165, 1.54) is 0 Å². The molecule has 1 rings (SSSR count). The summed E-state index contributed by atoms with van der Waals surface area (Å²) in [5.74, 6) is 0.0562. The number of carbonyl (C=O) groups excluding carboxylic acids is 1. The van der Waals surface area contributed by atoms with Crippen LogP contribution in [0.25, 0.3) is 0 Å². The van der Waals surface area contributed by atoms with E-state index in [9.17, 15) is 4.79 Å². The molecule has 1 nitrogen and oxygen atoms in total. The molecule has 0 saturated carbocycles. The topological polar surface area (TPSA) is 17.1 Å². The number of hydrogen-bond acceptors (Lipinski definition) is 1. The van der Waals surface area contributed by atoms with Gasteiger partial charge in [0.05, 0.1) is 9.65 Å². The number of hydrogen-bond donors (Lipinski definition) is 0. The van der Waals surface area contributed by atoms with Gasteiger partial charge in [-0.15, -0.1) is 0 Å². The minimum Gasteiger partial charge on any atom is -0.296 e. The third kappa shape index (κ3) is 3.95. The first-order valence-electron chi connectivity index (χ1n) is 4.19. The third-order valence-electron chi connectivity index (χ3n) is 1.86. The fourth-order valence-corrected chi connectivity index (χ4v) is 3.48. The van der Waals surface area contributed by atoms with Crippen molar-refractivity contribution < 1.29 is 4.79 Å². The summed E-state index contributed by atoms with van der Waals surface area (Å²) >= 11 is 13.3. The Morgan fingerprint density at radius 3 is 2.00 bits per heavy atom. The normalized spacial score (nSPS) is 15.0. The summed E-state index contributed by atoms with van der Waals surface area (Å²) in [5.41, 5.74) is 1.08. The van der Waals surface area contributed by atoms with Gasteiger partial charge >= 0.3 is 0 Å². The van der Waals surface area contributed by atoms with Crippen LogP contribution in [0.3, 0.4) is 0 Å². The van der Waals surface area contributed by atoms with Crippen molar-refractivity contribution in [3.05, 3.63) is 35.9 Å². The molecule has 0 aliphatic carbocycles. The van der Waals surface area contributed by atoms with Crippen molar-refractivity contribution in [2.24, 2.45) is 0 Å². The van der Waals surface area contributed by atoms with Crippen molar-refractivity contribution in [2.75, 3.05) is 0 Å². The van der Waals surface area contributed by atoms with Crippen LogP contribution in [0.4, 0.5) is 0 Å². The molecular weight excluding hydrogens is 456 g/mol. The van der Waals surface area contributed by atoms with Gasteiger partial charge in [-0.2, -0.15) is 0 Å². The molecule has 1 aromatic rings. The van der Waals surface area contributed by atoms with Crippen LogP contribution in [-0.4, -0.2) is 14.3 Å². The van der Waals surface area contributed by atoms with Crippen LogP contribution in [0.1, 0.15) is 10.4 Å². The Morgan fingerprint density at radius 2 is 1.53 bits per heavy atom. The molecule has 0 saturated heterocycles. The highest BCUT2D eigenvalue weighted by molar-refractivity contribution is 9.25. The molecule has 0 aliphatic heterocycles. The summed E-state index contributed by atoms with van der Waals surface area (Å²) in [5, 5.41) is 0. The number of rotatable bonds is 4. The second kappa shape index (κ2) is 6.52. The van der Waals surface area contributed by atoms with Crippen molar-refractivity contribution in [1.82, 2.24) is 0 Å². The maximum Gasteiger partial charge on any atom is 0.172 e. The van der Waals surface area contributed by atoms with Crippen molar-refractivity contribution in [3.8, 4) is 0 Å². The highest BCUT2D eigenvalue weighted by Crippen LogP contribution is 2.33.